The number of ketones is 1. The summed E-state index contributed by atoms with van der Waals surface area (Å²) in [5.74, 6) is -2.53. The van der Waals surface area contributed by atoms with Gasteiger partial charge in [0.05, 0.1) is 0 Å². The van der Waals surface area contributed by atoms with Gasteiger partial charge in [0.2, 0.25) is 5.78 Å². The van der Waals surface area contributed by atoms with Crippen molar-refractivity contribution in [3.05, 3.63) is 23.3 Å². The number of benzene rings is 1. The van der Waals surface area contributed by atoms with Crippen LogP contribution in [-0.4, -0.2) is 12.1 Å². The third-order valence-electron chi connectivity index (χ3n) is 2.56. The van der Waals surface area contributed by atoms with Crippen molar-refractivity contribution >= 4 is 12.1 Å². The second-order valence-electron chi connectivity index (χ2n) is 3.91. The minimum Gasteiger partial charge on any atom is -0.873 e. The topological polar surface area (TPSA) is 80.3 Å². The SMILES string of the molecule is CCCCCc1cc([O-])c([O-])c(C(=O)C=O)c1.[Ni+2]. The summed E-state index contributed by atoms with van der Waals surface area (Å²) in [6.07, 6.45) is 3.66. The molecule has 4 nitrogen and oxygen atoms in total. The van der Waals surface area contributed by atoms with Gasteiger partial charge in [-0.05, 0) is 24.5 Å². The van der Waals surface area contributed by atoms with Crippen LogP contribution in [0.4, 0.5) is 0 Å². The molecule has 0 unspecified atom stereocenters. The number of unbranched alkanes of at least 4 members (excludes halogenated alkanes) is 2. The van der Waals surface area contributed by atoms with Gasteiger partial charge in [0.1, 0.15) is 0 Å². The molecule has 0 radical (unpaired) electrons. The summed E-state index contributed by atoms with van der Waals surface area (Å²) in [5.41, 5.74) is 0.340. The van der Waals surface area contributed by atoms with Gasteiger partial charge in [-0.1, -0.05) is 25.8 Å². The first-order valence-corrected chi connectivity index (χ1v) is 5.60. The fourth-order valence-corrected chi connectivity index (χ4v) is 1.63. The van der Waals surface area contributed by atoms with E-state index in [2.05, 4.69) is 6.92 Å². The molecule has 0 amide bonds. The predicted molar refractivity (Wildman–Crippen MR) is 59.0 cm³/mol. The molecule has 0 atom stereocenters. The fourth-order valence-electron chi connectivity index (χ4n) is 1.63. The van der Waals surface area contributed by atoms with Crippen molar-refractivity contribution in [1.29, 1.82) is 0 Å². The fraction of sp³-hybridized carbons (Fsp3) is 0.385. The van der Waals surface area contributed by atoms with E-state index in [0.29, 0.717) is 12.0 Å². The number of hydrogen-bond acceptors (Lipinski definition) is 4. The third-order valence-corrected chi connectivity index (χ3v) is 2.56. The van der Waals surface area contributed by atoms with Crippen molar-refractivity contribution in [3.8, 4) is 11.5 Å². The average Bonchev–Trinajstić information content (AvgIpc) is 2.32. The second kappa shape index (κ2) is 7.88. The number of carbonyl (C=O) groups is 2. The maximum Gasteiger partial charge on any atom is 2.00 e. The van der Waals surface area contributed by atoms with Crippen LogP contribution in [0, 0.1) is 0 Å². The number of Topliss-reactive ketones (excluding diaryl/α,β-unsaturated/α-hetero) is 1. The van der Waals surface area contributed by atoms with Gasteiger partial charge in [-0.15, -0.1) is 11.5 Å². The summed E-state index contributed by atoms with van der Waals surface area (Å²) in [7, 11) is 0. The zero-order valence-electron chi connectivity index (χ0n) is 10.0. The van der Waals surface area contributed by atoms with E-state index in [-0.39, 0.29) is 28.3 Å². The van der Waals surface area contributed by atoms with Crippen molar-refractivity contribution in [2.75, 3.05) is 0 Å². The molecule has 100 valence electrons. The molecule has 1 rings (SSSR count). The Hall–Kier alpha value is -1.35. The van der Waals surface area contributed by atoms with Gasteiger partial charge in [-0.25, -0.2) is 0 Å². The van der Waals surface area contributed by atoms with Crippen LogP contribution in [0.15, 0.2) is 12.1 Å². The number of carbonyl (C=O) groups excluding carboxylic acids is 2. The molecular weight excluding hydrogens is 279 g/mol. The summed E-state index contributed by atoms with van der Waals surface area (Å²) in [4.78, 5) is 21.5. The van der Waals surface area contributed by atoms with Gasteiger partial charge in [0.25, 0.3) is 0 Å². The number of aldehydes is 1. The Bertz CT molecular complexity index is 429. The van der Waals surface area contributed by atoms with E-state index in [4.69, 9.17) is 0 Å². The van der Waals surface area contributed by atoms with Gasteiger partial charge >= 0.3 is 16.5 Å². The van der Waals surface area contributed by atoms with Crippen molar-refractivity contribution in [1.82, 2.24) is 0 Å². The van der Waals surface area contributed by atoms with Crippen LogP contribution < -0.4 is 10.2 Å². The zero-order valence-corrected chi connectivity index (χ0v) is 11.0. The van der Waals surface area contributed by atoms with Crippen LogP contribution in [-0.2, 0) is 27.7 Å². The molecule has 0 saturated carbocycles. The Morgan fingerprint density at radius 2 is 1.94 bits per heavy atom. The molecule has 1 aromatic carbocycles. The Morgan fingerprint density at radius 3 is 2.50 bits per heavy atom. The van der Waals surface area contributed by atoms with Gasteiger partial charge in [-0.2, -0.15) is 0 Å². The van der Waals surface area contributed by atoms with E-state index < -0.39 is 17.3 Å². The number of rotatable bonds is 6. The van der Waals surface area contributed by atoms with Gasteiger partial charge in [-0.3, -0.25) is 9.59 Å². The van der Waals surface area contributed by atoms with Gasteiger partial charge in [0, 0.05) is 5.56 Å². The number of aryl methyl sites for hydroxylation is 1. The van der Waals surface area contributed by atoms with Crippen molar-refractivity contribution in [2.24, 2.45) is 0 Å². The molecule has 0 aromatic heterocycles. The van der Waals surface area contributed by atoms with E-state index in [1.54, 1.807) is 0 Å². The standard InChI is InChI=1S/C13H16O4.Ni/c1-2-3-4-5-9-6-10(12(16)8-14)13(17)11(15)7-9;/h6-8,15,17H,2-5H2,1H3;/q;+2/p-2. The monoisotopic (exact) mass is 292 g/mol. The molecule has 5 heteroatoms. The van der Waals surface area contributed by atoms with Crippen LogP contribution in [0.2, 0.25) is 0 Å². The average molecular weight is 293 g/mol. The molecule has 0 heterocycles. The second-order valence-corrected chi connectivity index (χ2v) is 3.91. The third kappa shape index (κ3) is 4.15. The molecular formula is C13H14NiO4. The maximum atomic E-state index is 11.4. The van der Waals surface area contributed by atoms with Crippen molar-refractivity contribution < 1.29 is 36.3 Å². The minimum absolute atomic E-state index is 0. The van der Waals surface area contributed by atoms with Crippen LogP contribution in [0.3, 0.4) is 0 Å². The van der Waals surface area contributed by atoms with E-state index >= 15 is 0 Å². The van der Waals surface area contributed by atoms with Gasteiger partial charge in [0.15, 0.2) is 6.29 Å². The summed E-state index contributed by atoms with van der Waals surface area (Å²) in [5, 5.41) is 22.7. The summed E-state index contributed by atoms with van der Waals surface area (Å²) in [6.45, 7) is 2.06. The van der Waals surface area contributed by atoms with E-state index in [1.807, 2.05) is 0 Å². The van der Waals surface area contributed by atoms with E-state index in [0.717, 1.165) is 19.3 Å². The summed E-state index contributed by atoms with van der Waals surface area (Å²) >= 11 is 0. The predicted octanol–water partition coefficient (Wildman–Crippen LogP) is 0.946. The Morgan fingerprint density at radius 1 is 1.28 bits per heavy atom. The van der Waals surface area contributed by atoms with E-state index in [9.17, 15) is 19.8 Å². The first-order chi connectivity index (χ1) is 8.10. The van der Waals surface area contributed by atoms with Crippen molar-refractivity contribution in [2.45, 2.75) is 32.6 Å². The molecule has 0 spiro atoms. The molecule has 0 aliphatic rings. The van der Waals surface area contributed by atoms with Crippen molar-refractivity contribution in [3.63, 3.8) is 0 Å². The quantitative estimate of drug-likeness (QED) is 0.257. The first kappa shape index (κ1) is 16.7. The molecule has 18 heavy (non-hydrogen) atoms. The van der Waals surface area contributed by atoms with Crippen LogP contribution in [0.5, 0.6) is 11.5 Å². The Labute approximate surface area is 116 Å². The van der Waals surface area contributed by atoms with Crippen LogP contribution in [0.1, 0.15) is 42.1 Å². The Balaban J connectivity index is 0.00000289. The smallest absolute Gasteiger partial charge is 0.873 e. The molecule has 0 bridgehead atoms. The van der Waals surface area contributed by atoms with Crippen LogP contribution in [0.25, 0.3) is 0 Å². The summed E-state index contributed by atoms with van der Waals surface area (Å²) < 4.78 is 0. The molecule has 0 N–H and O–H groups in total. The number of hydrogen-bond donors (Lipinski definition) is 0. The molecule has 0 aliphatic heterocycles. The first-order valence-electron chi connectivity index (χ1n) is 5.60. The molecule has 0 aliphatic carbocycles. The van der Waals surface area contributed by atoms with Gasteiger partial charge < -0.3 is 10.2 Å². The summed E-state index contributed by atoms with van der Waals surface area (Å²) in [6, 6.07) is 2.61. The normalized spacial score (nSPS) is 9.61. The van der Waals surface area contributed by atoms with E-state index in [1.165, 1.54) is 12.1 Å². The van der Waals surface area contributed by atoms with Crippen LogP contribution >= 0.6 is 0 Å². The maximum absolute atomic E-state index is 11.4. The molecule has 0 saturated heterocycles. The molecule has 0 fully saturated rings. The minimum atomic E-state index is -0.926. The largest absolute Gasteiger partial charge is 2.00 e. The Kier molecular flexibility index (Phi) is 7.29. The zero-order chi connectivity index (χ0) is 12.8. The molecule has 1 aromatic rings.